The van der Waals surface area contributed by atoms with Gasteiger partial charge in [-0.15, -0.1) is 0 Å². The maximum atomic E-state index is 12.7. The van der Waals surface area contributed by atoms with Crippen molar-refractivity contribution in [2.45, 2.75) is 40.0 Å². The summed E-state index contributed by atoms with van der Waals surface area (Å²) in [6.45, 7) is 5.94. The Bertz CT molecular complexity index is 1010. The molecule has 0 fully saturated rings. The third-order valence-corrected chi connectivity index (χ3v) is 4.10. The highest BCUT2D eigenvalue weighted by molar-refractivity contribution is 5.80. The molecule has 0 radical (unpaired) electrons. The predicted molar refractivity (Wildman–Crippen MR) is 104 cm³/mol. The third kappa shape index (κ3) is 4.56. The van der Waals surface area contributed by atoms with Crippen LogP contribution < -0.4 is 14.9 Å². The van der Waals surface area contributed by atoms with Gasteiger partial charge in [-0.25, -0.2) is 0 Å². The van der Waals surface area contributed by atoms with Gasteiger partial charge in [0.2, 0.25) is 11.2 Å². The van der Waals surface area contributed by atoms with Gasteiger partial charge in [-0.3, -0.25) is 9.59 Å². The fourth-order valence-corrected chi connectivity index (χ4v) is 2.85. The Balaban J connectivity index is 1.86. The van der Waals surface area contributed by atoms with Crippen molar-refractivity contribution >= 4 is 16.9 Å². The van der Waals surface area contributed by atoms with E-state index in [9.17, 15) is 9.59 Å². The highest BCUT2D eigenvalue weighted by atomic mass is 16.5. The summed E-state index contributed by atoms with van der Waals surface area (Å²) in [5, 5.41) is 0.366. The molecular formula is C22H22O5. The zero-order valence-electron chi connectivity index (χ0n) is 15.7. The summed E-state index contributed by atoms with van der Waals surface area (Å²) in [6.07, 6.45) is 3.34. The number of hydrogen-bond acceptors (Lipinski definition) is 5. The Morgan fingerprint density at radius 3 is 2.48 bits per heavy atom. The van der Waals surface area contributed by atoms with Crippen LogP contribution in [0.15, 0.2) is 51.9 Å². The number of unbranched alkanes of at least 4 members (excludes halogenated alkanes) is 1. The van der Waals surface area contributed by atoms with E-state index in [1.165, 1.54) is 6.26 Å². The maximum absolute atomic E-state index is 12.7. The largest absolute Gasteiger partial charge is 0.460 e. The molecule has 0 atom stereocenters. The summed E-state index contributed by atoms with van der Waals surface area (Å²) < 4.78 is 16.6. The Hall–Kier alpha value is -3.08. The molecule has 5 heteroatoms. The highest BCUT2D eigenvalue weighted by Crippen LogP contribution is 2.25. The summed E-state index contributed by atoms with van der Waals surface area (Å²) in [5.74, 6) is 0.754. The number of rotatable bonds is 6. The predicted octanol–water partition coefficient (Wildman–Crippen LogP) is 5.30. The minimum Gasteiger partial charge on any atom is -0.460 e. The van der Waals surface area contributed by atoms with Crippen LogP contribution in [0, 0.1) is 13.8 Å². The van der Waals surface area contributed by atoms with Crippen LogP contribution in [0.25, 0.3) is 11.0 Å². The molecule has 0 saturated carbocycles. The second kappa shape index (κ2) is 8.08. The normalized spacial score (nSPS) is 10.8. The fraction of sp³-hybridized carbons (Fsp3) is 0.273. The minimum atomic E-state index is -0.298. The van der Waals surface area contributed by atoms with Crippen LogP contribution in [0.3, 0.4) is 0 Å². The van der Waals surface area contributed by atoms with Gasteiger partial charge in [-0.1, -0.05) is 19.4 Å². The van der Waals surface area contributed by atoms with Crippen LogP contribution in [0.1, 0.15) is 37.3 Å². The molecule has 0 bridgehead atoms. The molecule has 3 rings (SSSR count). The van der Waals surface area contributed by atoms with E-state index >= 15 is 0 Å². The molecule has 27 heavy (non-hydrogen) atoms. The standard InChI is InChI=1S/C22H22O5/c1-4-5-6-21(23)27-16-7-8-18-19(12-16)25-13-20(22(18)24)26-17-10-14(2)9-15(3)11-17/h7-13H,4-6H2,1-3H3. The molecule has 5 nitrogen and oxygen atoms in total. The molecule has 0 N–H and O–H groups in total. The molecule has 0 unspecified atom stereocenters. The van der Waals surface area contributed by atoms with Gasteiger partial charge in [0.1, 0.15) is 23.3 Å². The number of aryl methyl sites for hydroxylation is 2. The average Bonchev–Trinajstić information content (AvgIpc) is 2.61. The molecule has 140 valence electrons. The topological polar surface area (TPSA) is 65.7 Å². The molecule has 3 aromatic rings. The van der Waals surface area contributed by atoms with E-state index in [1.54, 1.807) is 18.2 Å². The second-order valence-electron chi connectivity index (χ2n) is 6.59. The van der Waals surface area contributed by atoms with Crippen LogP contribution >= 0.6 is 0 Å². The lowest BCUT2D eigenvalue weighted by Crippen LogP contribution is -2.08. The van der Waals surface area contributed by atoms with Gasteiger partial charge in [0.05, 0.1) is 5.39 Å². The lowest BCUT2D eigenvalue weighted by atomic mass is 10.1. The van der Waals surface area contributed by atoms with E-state index in [4.69, 9.17) is 13.9 Å². The van der Waals surface area contributed by atoms with Crippen molar-refractivity contribution in [1.82, 2.24) is 0 Å². The van der Waals surface area contributed by atoms with Crippen molar-refractivity contribution in [3.8, 4) is 17.2 Å². The summed E-state index contributed by atoms with van der Waals surface area (Å²) in [4.78, 5) is 24.4. The molecular weight excluding hydrogens is 344 g/mol. The van der Waals surface area contributed by atoms with Crippen LogP contribution in [-0.2, 0) is 4.79 Å². The summed E-state index contributed by atoms with van der Waals surface area (Å²) in [6, 6.07) is 10.5. The smallest absolute Gasteiger partial charge is 0.311 e. The molecule has 1 aromatic heterocycles. The quantitative estimate of drug-likeness (QED) is 0.438. The molecule has 0 aliphatic carbocycles. The van der Waals surface area contributed by atoms with Crippen LogP contribution in [0.2, 0.25) is 0 Å². The number of benzene rings is 2. The van der Waals surface area contributed by atoms with E-state index in [2.05, 4.69) is 0 Å². The summed E-state index contributed by atoms with van der Waals surface area (Å²) in [7, 11) is 0. The van der Waals surface area contributed by atoms with Gasteiger partial charge in [0.15, 0.2) is 0 Å². The lowest BCUT2D eigenvalue weighted by molar-refractivity contribution is -0.134. The molecule has 0 aliphatic heterocycles. The van der Waals surface area contributed by atoms with Crippen molar-refractivity contribution in [2.24, 2.45) is 0 Å². The molecule has 0 amide bonds. The number of ether oxygens (including phenoxy) is 2. The van der Waals surface area contributed by atoms with Crippen molar-refractivity contribution in [3.63, 3.8) is 0 Å². The number of esters is 1. The molecule has 0 aliphatic rings. The Morgan fingerprint density at radius 1 is 1.04 bits per heavy atom. The zero-order valence-corrected chi connectivity index (χ0v) is 15.7. The first-order chi connectivity index (χ1) is 13.0. The van der Waals surface area contributed by atoms with Gasteiger partial charge in [0.25, 0.3) is 0 Å². The Labute approximate surface area is 157 Å². The number of fused-ring (bicyclic) bond motifs is 1. The molecule has 0 spiro atoms. The van der Waals surface area contributed by atoms with E-state index in [0.29, 0.717) is 28.9 Å². The van der Waals surface area contributed by atoms with Gasteiger partial charge in [0, 0.05) is 12.5 Å². The minimum absolute atomic E-state index is 0.111. The fourth-order valence-electron chi connectivity index (χ4n) is 2.85. The van der Waals surface area contributed by atoms with Crippen molar-refractivity contribution < 1.29 is 18.7 Å². The van der Waals surface area contributed by atoms with Crippen LogP contribution in [-0.4, -0.2) is 5.97 Å². The zero-order chi connectivity index (χ0) is 19.4. The van der Waals surface area contributed by atoms with E-state index < -0.39 is 0 Å². The molecule has 0 saturated heterocycles. The monoisotopic (exact) mass is 366 g/mol. The number of carbonyl (C=O) groups excluding carboxylic acids is 1. The Morgan fingerprint density at radius 2 is 1.78 bits per heavy atom. The SMILES string of the molecule is CCCCC(=O)Oc1ccc2c(=O)c(Oc3cc(C)cc(C)c3)coc2c1. The van der Waals surface area contributed by atoms with Gasteiger partial charge >= 0.3 is 5.97 Å². The number of carbonyl (C=O) groups is 1. The molecule has 2 aromatic carbocycles. The van der Waals surface area contributed by atoms with Crippen molar-refractivity contribution in [3.05, 3.63) is 64.0 Å². The van der Waals surface area contributed by atoms with E-state index in [1.807, 2.05) is 39.0 Å². The van der Waals surface area contributed by atoms with Crippen LogP contribution in [0.4, 0.5) is 0 Å². The van der Waals surface area contributed by atoms with Gasteiger partial charge in [-0.05, 0) is 55.7 Å². The van der Waals surface area contributed by atoms with Gasteiger partial charge < -0.3 is 13.9 Å². The average molecular weight is 366 g/mol. The number of hydrogen-bond donors (Lipinski definition) is 0. The Kier molecular flexibility index (Phi) is 5.60. The van der Waals surface area contributed by atoms with E-state index in [0.717, 1.165) is 24.0 Å². The summed E-state index contributed by atoms with van der Waals surface area (Å²) >= 11 is 0. The lowest BCUT2D eigenvalue weighted by Gasteiger charge is -2.08. The van der Waals surface area contributed by atoms with Crippen LogP contribution in [0.5, 0.6) is 17.2 Å². The maximum Gasteiger partial charge on any atom is 0.311 e. The molecule has 1 heterocycles. The third-order valence-electron chi connectivity index (χ3n) is 4.10. The van der Waals surface area contributed by atoms with E-state index in [-0.39, 0.29) is 17.1 Å². The van der Waals surface area contributed by atoms with Crippen molar-refractivity contribution in [1.29, 1.82) is 0 Å². The van der Waals surface area contributed by atoms with Crippen molar-refractivity contribution in [2.75, 3.05) is 0 Å². The second-order valence-corrected chi connectivity index (χ2v) is 6.59. The van der Waals surface area contributed by atoms with Gasteiger partial charge in [-0.2, -0.15) is 0 Å². The highest BCUT2D eigenvalue weighted by Gasteiger charge is 2.12. The first-order valence-electron chi connectivity index (χ1n) is 8.98. The first kappa shape index (κ1) is 18.7. The first-order valence-corrected chi connectivity index (χ1v) is 8.98. The summed E-state index contributed by atoms with van der Waals surface area (Å²) in [5.41, 5.74) is 2.15.